The minimum Gasteiger partial charge on any atom is -0.367 e. The largest absolute Gasteiger partial charge is 0.367 e. The molecular formula is C12H21N. The van der Waals surface area contributed by atoms with E-state index < -0.39 is 0 Å². The average Bonchev–Trinajstić information content (AvgIpc) is 2.67. The Morgan fingerprint density at radius 2 is 2.15 bits per heavy atom. The van der Waals surface area contributed by atoms with Crippen LogP contribution in [0.3, 0.4) is 0 Å². The lowest BCUT2D eigenvalue weighted by molar-refractivity contribution is 0.403. The van der Waals surface area contributed by atoms with E-state index >= 15 is 0 Å². The van der Waals surface area contributed by atoms with Crippen LogP contribution < -0.4 is 0 Å². The Morgan fingerprint density at radius 3 is 2.62 bits per heavy atom. The van der Waals surface area contributed by atoms with Crippen molar-refractivity contribution in [2.75, 3.05) is 0 Å². The van der Waals surface area contributed by atoms with Gasteiger partial charge in [-0.2, -0.15) is 0 Å². The first-order chi connectivity index (χ1) is 6.23. The van der Waals surface area contributed by atoms with Gasteiger partial charge in [0.2, 0.25) is 0 Å². The summed E-state index contributed by atoms with van der Waals surface area (Å²) in [6.45, 7) is 6.90. The lowest BCUT2D eigenvalue weighted by atomic mass is 9.77. The molecule has 0 saturated carbocycles. The van der Waals surface area contributed by atoms with E-state index in [2.05, 4.69) is 38.0 Å². The number of H-pyrrole nitrogens is 1. The maximum Gasteiger partial charge on any atom is 0.00429 e. The highest BCUT2D eigenvalue weighted by Gasteiger charge is 2.23. The summed E-state index contributed by atoms with van der Waals surface area (Å²) in [5, 5.41) is 0. The summed E-state index contributed by atoms with van der Waals surface area (Å²) in [5.41, 5.74) is 1.85. The highest BCUT2D eigenvalue weighted by molar-refractivity contribution is 5.20. The van der Waals surface area contributed by atoms with Crippen molar-refractivity contribution in [3.63, 3.8) is 0 Å². The number of hydrogen-bond acceptors (Lipinski definition) is 0. The molecule has 1 heterocycles. The number of aromatic nitrogens is 1. The summed E-state index contributed by atoms with van der Waals surface area (Å²) >= 11 is 0. The Hall–Kier alpha value is -0.720. The van der Waals surface area contributed by atoms with Gasteiger partial charge in [0.25, 0.3) is 0 Å². The second-order valence-corrected chi connectivity index (χ2v) is 4.12. The molecule has 0 spiro atoms. The Balaban J connectivity index is 2.69. The SMILES string of the molecule is CCCCC(C)(CC)c1cc[nH]c1. The number of nitrogens with one attached hydrogen (secondary N) is 1. The van der Waals surface area contributed by atoms with Gasteiger partial charge >= 0.3 is 0 Å². The third kappa shape index (κ3) is 2.36. The summed E-state index contributed by atoms with van der Waals surface area (Å²) in [7, 11) is 0. The van der Waals surface area contributed by atoms with Gasteiger partial charge in [-0.25, -0.2) is 0 Å². The maximum atomic E-state index is 3.15. The molecule has 1 atom stereocenters. The van der Waals surface area contributed by atoms with Crippen LogP contribution in [0.4, 0.5) is 0 Å². The van der Waals surface area contributed by atoms with Crippen LogP contribution in [-0.4, -0.2) is 4.98 Å². The highest BCUT2D eigenvalue weighted by Crippen LogP contribution is 2.32. The molecule has 0 aliphatic heterocycles. The van der Waals surface area contributed by atoms with Crippen molar-refractivity contribution in [1.82, 2.24) is 4.98 Å². The summed E-state index contributed by atoms with van der Waals surface area (Å²) < 4.78 is 0. The Morgan fingerprint density at radius 1 is 1.38 bits per heavy atom. The van der Waals surface area contributed by atoms with Crippen molar-refractivity contribution in [3.8, 4) is 0 Å². The first kappa shape index (κ1) is 10.4. The van der Waals surface area contributed by atoms with E-state index in [0.29, 0.717) is 5.41 Å². The lowest BCUT2D eigenvalue weighted by Gasteiger charge is -2.27. The molecule has 0 aliphatic carbocycles. The second kappa shape index (κ2) is 4.50. The number of unbranched alkanes of at least 4 members (excludes halogenated alkanes) is 1. The summed E-state index contributed by atoms with van der Waals surface area (Å²) in [6.07, 6.45) is 9.31. The quantitative estimate of drug-likeness (QED) is 0.706. The van der Waals surface area contributed by atoms with Crippen molar-refractivity contribution in [3.05, 3.63) is 24.0 Å². The van der Waals surface area contributed by atoms with Crippen LogP contribution in [0.25, 0.3) is 0 Å². The lowest BCUT2D eigenvalue weighted by Crippen LogP contribution is -2.19. The molecule has 1 aromatic rings. The van der Waals surface area contributed by atoms with Gasteiger partial charge in [0.05, 0.1) is 0 Å². The zero-order chi connectivity index (χ0) is 9.73. The van der Waals surface area contributed by atoms with Crippen molar-refractivity contribution < 1.29 is 0 Å². The molecule has 13 heavy (non-hydrogen) atoms. The van der Waals surface area contributed by atoms with Crippen LogP contribution in [0.15, 0.2) is 18.5 Å². The van der Waals surface area contributed by atoms with Crippen LogP contribution in [-0.2, 0) is 5.41 Å². The molecule has 1 N–H and O–H groups in total. The van der Waals surface area contributed by atoms with Gasteiger partial charge in [0.1, 0.15) is 0 Å². The van der Waals surface area contributed by atoms with Crippen molar-refractivity contribution in [1.29, 1.82) is 0 Å². The molecule has 0 radical (unpaired) electrons. The molecule has 74 valence electrons. The van der Waals surface area contributed by atoms with Crippen LogP contribution in [0.2, 0.25) is 0 Å². The molecule has 0 saturated heterocycles. The van der Waals surface area contributed by atoms with Gasteiger partial charge in [-0.15, -0.1) is 0 Å². The van der Waals surface area contributed by atoms with Crippen LogP contribution in [0, 0.1) is 0 Å². The minimum atomic E-state index is 0.385. The smallest absolute Gasteiger partial charge is 0.00429 e. The first-order valence-corrected chi connectivity index (χ1v) is 5.36. The predicted molar refractivity (Wildman–Crippen MR) is 58.0 cm³/mol. The first-order valence-electron chi connectivity index (χ1n) is 5.36. The van der Waals surface area contributed by atoms with Gasteiger partial charge in [0.15, 0.2) is 0 Å². The van der Waals surface area contributed by atoms with E-state index in [-0.39, 0.29) is 0 Å². The topological polar surface area (TPSA) is 15.8 Å². The molecule has 0 aromatic carbocycles. The summed E-state index contributed by atoms with van der Waals surface area (Å²) in [5.74, 6) is 0. The Bertz CT molecular complexity index is 225. The summed E-state index contributed by atoms with van der Waals surface area (Å²) in [6, 6.07) is 2.21. The fourth-order valence-electron chi connectivity index (χ4n) is 1.79. The van der Waals surface area contributed by atoms with E-state index in [9.17, 15) is 0 Å². The molecule has 0 bridgehead atoms. The zero-order valence-corrected chi connectivity index (χ0v) is 9.06. The molecule has 1 rings (SSSR count). The Labute approximate surface area is 81.6 Å². The zero-order valence-electron chi connectivity index (χ0n) is 9.06. The van der Waals surface area contributed by atoms with E-state index in [1.165, 1.54) is 31.2 Å². The molecular weight excluding hydrogens is 158 g/mol. The van der Waals surface area contributed by atoms with Crippen LogP contribution in [0.1, 0.15) is 52.0 Å². The van der Waals surface area contributed by atoms with Gasteiger partial charge in [-0.1, -0.05) is 33.6 Å². The number of hydrogen-bond donors (Lipinski definition) is 1. The normalized spacial score (nSPS) is 15.6. The second-order valence-electron chi connectivity index (χ2n) is 4.12. The third-order valence-corrected chi connectivity index (χ3v) is 3.16. The predicted octanol–water partition coefficient (Wildman–Crippen LogP) is 3.87. The molecule has 0 fully saturated rings. The van der Waals surface area contributed by atoms with E-state index in [1.807, 2.05) is 6.20 Å². The fraction of sp³-hybridized carbons (Fsp3) is 0.667. The van der Waals surface area contributed by atoms with Crippen molar-refractivity contribution >= 4 is 0 Å². The molecule has 1 heteroatoms. The maximum absolute atomic E-state index is 3.15. The van der Waals surface area contributed by atoms with Gasteiger partial charge in [-0.3, -0.25) is 0 Å². The van der Waals surface area contributed by atoms with Crippen LogP contribution in [0.5, 0.6) is 0 Å². The number of rotatable bonds is 5. The average molecular weight is 179 g/mol. The van der Waals surface area contributed by atoms with Gasteiger partial charge in [0, 0.05) is 12.4 Å². The van der Waals surface area contributed by atoms with Crippen LogP contribution >= 0.6 is 0 Å². The molecule has 0 amide bonds. The van der Waals surface area contributed by atoms with E-state index in [4.69, 9.17) is 0 Å². The van der Waals surface area contributed by atoms with Gasteiger partial charge < -0.3 is 4.98 Å². The van der Waals surface area contributed by atoms with Crippen molar-refractivity contribution in [2.45, 2.75) is 51.9 Å². The van der Waals surface area contributed by atoms with E-state index in [1.54, 1.807) is 0 Å². The Kier molecular flexibility index (Phi) is 3.58. The molecule has 1 nitrogen and oxygen atoms in total. The minimum absolute atomic E-state index is 0.385. The fourth-order valence-corrected chi connectivity index (χ4v) is 1.79. The highest BCUT2D eigenvalue weighted by atomic mass is 14.6. The van der Waals surface area contributed by atoms with Crippen molar-refractivity contribution in [2.24, 2.45) is 0 Å². The molecule has 0 aliphatic rings. The molecule has 1 unspecified atom stereocenters. The standard InChI is InChI=1S/C12H21N/c1-4-6-8-12(3,5-2)11-7-9-13-10-11/h7,9-10,13H,4-6,8H2,1-3H3. The number of aromatic amines is 1. The summed E-state index contributed by atoms with van der Waals surface area (Å²) in [4.78, 5) is 3.15. The molecule has 1 aromatic heterocycles. The van der Waals surface area contributed by atoms with Gasteiger partial charge in [-0.05, 0) is 29.9 Å². The monoisotopic (exact) mass is 179 g/mol. The third-order valence-electron chi connectivity index (χ3n) is 3.16. The van der Waals surface area contributed by atoms with E-state index in [0.717, 1.165) is 0 Å².